The van der Waals surface area contributed by atoms with Crippen molar-refractivity contribution >= 4 is 16.9 Å². The number of tetrazole rings is 1. The Bertz CT molecular complexity index is 1160. The zero-order valence-corrected chi connectivity index (χ0v) is 17.3. The zero-order chi connectivity index (χ0) is 21.5. The second-order valence-corrected chi connectivity index (χ2v) is 8.27. The Morgan fingerprint density at radius 1 is 1.26 bits per heavy atom. The number of amides is 1. The average molecular weight is 427 g/mol. The normalized spacial score (nSPS) is 24.6. The number of rotatable bonds is 3. The molecule has 1 unspecified atom stereocenters. The molecule has 1 amide bonds. The number of ether oxygens (including phenoxy) is 1. The standard InChI is InChI=1S/C20H25N7O4/c1-25-18(22-23-24-25)17-11-26(8-9-31-17)19(29)12-2-7-16-15(10-12)21-20(30)27(16)13-3-5-14(28)6-4-13/h2,7,10,13-14,17,28H,3-6,8-9,11H2,1H3,(H,21,30). The van der Waals surface area contributed by atoms with Crippen LogP contribution in [0, 0.1) is 0 Å². The predicted octanol–water partition coefficient (Wildman–Crippen LogP) is 0.543. The highest BCUT2D eigenvalue weighted by Gasteiger charge is 2.30. The topological polar surface area (TPSA) is 131 Å². The van der Waals surface area contributed by atoms with Crippen LogP contribution in [0.5, 0.6) is 0 Å². The molecule has 2 fully saturated rings. The number of nitrogens with one attached hydrogen (secondary N) is 1. The minimum atomic E-state index is -0.385. The fourth-order valence-electron chi connectivity index (χ4n) is 4.62. The van der Waals surface area contributed by atoms with E-state index in [1.165, 1.54) is 0 Å². The van der Waals surface area contributed by atoms with Crippen molar-refractivity contribution in [2.24, 2.45) is 7.05 Å². The number of carbonyl (C=O) groups excluding carboxylic acids is 1. The number of aliphatic hydroxyl groups is 1. The molecule has 0 radical (unpaired) electrons. The Morgan fingerprint density at radius 2 is 2.06 bits per heavy atom. The van der Waals surface area contributed by atoms with E-state index >= 15 is 0 Å². The summed E-state index contributed by atoms with van der Waals surface area (Å²) in [6.07, 6.45) is 2.25. The Labute approximate surface area is 177 Å². The Balaban J connectivity index is 1.38. The van der Waals surface area contributed by atoms with Gasteiger partial charge in [-0.1, -0.05) is 0 Å². The van der Waals surface area contributed by atoms with Crippen molar-refractivity contribution < 1.29 is 14.6 Å². The first-order chi connectivity index (χ1) is 15.0. The molecule has 3 heterocycles. The lowest BCUT2D eigenvalue weighted by Gasteiger charge is -2.32. The fourth-order valence-corrected chi connectivity index (χ4v) is 4.62. The number of nitrogens with zero attached hydrogens (tertiary/aromatic N) is 6. The summed E-state index contributed by atoms with van der Waals surface area (Å²) in [5.74, 6) is 0.451. The summed E-state index contributed by atoms with van der Waals surface area (Å²) in [5, 5.41) is 21.2. The second kappa shape index (κ2) is 7.89. The van der Waals surface area contributed by atoms with Crippen LogP contribution in [0.15, 0.2) is 23.0 Å². The molecule has 1 aliphatic carbocycles. The molecule has 2 aliphatic rings. The van der Waals surface area contributed by atoms with Gasteiger partial charge in [0.15, 0.2) is 5.82 Å². The van der Waals surface area contributed by atoms with Gasteiger partial charge in [-0.05, 0) is 54.3 Å². The molecule has 3 aromatic rings. The number of morpholine rings is 1. The monoisotopic (exact) mass is 427 g/mol. The number of aryl methyl sites for hydroxylation is 1. The van der Waals surface area contributed by atoms with Gasteiger partial charge in [0.1, 0.15) is 6.10 Å². The summed E-state index contributed by atoms with van der Waals surface area (Å²) in [4.78, 5) is 30.4. The number of aromatic nitrogens is 6. The van der Waals surface area contributed by atoms with Crippen LogP contribution < -0.4 is 5.69 Å². The molecule has 2 N–H and O–H groups in total. The number of benzene rings is 1. The molecule has 5 rings (SSSR count). The zero-order valence-electron chi connectivity index (χ0n) is 17.3. The highest BCUT2D eigenvalue weighted by atomic mass is 16.5. The van der Waals surface area contributed by atoms with Gasteiger partial charge in [0.05, 0.1) is 30.3 Å². The van der Waals surface area contributed by atoms with E-state index in [4.69, 9.17) is 4.74 Å². The number of H-pyrrole nitrogens is 1. The van der Waals surface area contributed by atoms with Crippen LogP contribution in [-0.2, 0) is 11.8 Å². The van der Waals surface area contributed by atoms with Gasteiger partial charge in [0.2, 0.25) is 0 Å². The molecule has 0 bridgehead atoms. The molecule has 0 spiro atoms. The maximum Gasteiger partial charge on any atom is 0.326 e. The highest BCUT2D eigenvalue weighted by molar-refractivity contribution is 5.97. The molecule has 1 saturated heterocycles. The third kappa shape index (κ3) is 3.63. The number of aliphatic hydroxyl groups excluding tert-OH is 1. The smallest absolute Gasteiger partial charge is 0.326 e. The van der Waals surface area contributed by atoms with E-state index in [0.29, 0.717) is 49.4 Å². The molecule has 11 heteroatoms. The maximum absolute atomic E-state index is 13.2. The molecule has 1 atom stereocenters. The maximum atomic E-state index is 13.2. The quantitative estimate of drug-likeness (QED) is 0.624. The molecule has 2 aromatic heterocycles. The van der Waals surface area contributed by atoms with Crippen molar-refractivity contribution in [2.45, 2.75) is 43.9 Å². The van der Waals surface area contributed by atoms with Gasteiger partial charge >= 0.3 is 5.69 Å². The van der Waals surface area contributed by atoms with Crippen LogP contribution in [0.2, 0.25) is 0 Å². The van der Waals surface area contributed by atoms with E-state index in [9.17, 15) is 14.7 Å². The van der Waals surface area contributed by atoms with Crippen LogP contribution in [0.3, 0.4) is 0 Å². The number of hydrogen-bond donors (Lipinski definition) is 2. The highest BCUT2D eigenvalue weighted by Crippen LogP contribution is 2.30. The molecular weight excluding hydrogens is 402 g/mol. The van der Waals surface area contributed by atoms with Crippen molar-refractivity contribution in [1.82, 2.24) is 34.7 Å². The van der Waals surface area contributed by atoms with Gasteiger partial charge in [0, 0.05) is 25.2 Å². The Kier molecular flexibility index (Phi) is 5.06. The number of aromatic amines is 1. The van der Waals surface area contributed by atoms with Gasteiger partial charge in [-0.25, -0.2) is 9.48 Å². The third-order valence-electron chi connectivity index (χ3n) is 6.29. The first-order valence-corrected chi connectivity index (χ1v) is 10.6. The van der Waals surface area contributed by atoms with Gasteiger partial charge < -0.3 is 19.7 Å². The molecule has 31 heavy (non-hydrogen) atoms. The molecule has 1 aliphatic heterocycles. The SMILES string of the molecule is Cn1nnnc1C1CN(C(=O)c2ccc3c(c2)[nH]c(=O)n3C2CCC(O)CC2)CCO1. The van der Waals surface area contributed by atoms with Crippen LogP contribution in [-0.4, -0.2) is 71.5 Å². The van der Waals surface area contributed by atoms with E-state index < -0.39 is 0 Å². The molecule has 11 nitrogen and oxygen atoms in total. The molecular formula is C20H25N7O4. The second-order valence-electron chi connectivity index (χ2n) is 8.27. The lowest BCUT2D eigenvalue weighted by atomic mass is 9.93. The lowest BCUT2D eigenvalue weighted by molar-refractivity contribution is -0.0284. The predicted molar refractivity (Wildman–Crippen MR) is 109 cm³/mol. The first kappa shape index (κ1) is 19.9. The molecule has 1 aromatic carbocycles. The summed E-state index contributed by atoms with van der Waals surface area (Å²) in [6.45, 7) is 1.22. The van der Waals surface area contributed by atoms with Crippen LogP contribution in [0.25, 0.3) is 11.0 Å². The van der Waals surface area contributed by atoms with Crippen LogP contribution >= 0.6 is 0 Å². The summed E-state index contributed by atoms with van der Waals surface area (Å²) >= 11 is 0. The minimum Gasteiger partial charge on any atom is -0.393 e. The van der Waals surface area contributed by atoms with E-state index in [1.807, 2.05) is 6.07 Å². The minimum absolute atomic E-state index is 0.0613. The Hall–Kier alpha value is -3.05. The number of imidazole rings is 1. The molecule has 164 valence electrons. The van der Waals surface area contributed by atoms with E-state index in [1.54, 1.807) is 33.3 Å². The number of carbonyl (C=O) groups is 1. The lowest BCUT2D eigenvalue weighted by Crippen LogP contribution is -2.42. The van der Waals surface area contributed by atoms with E-state index in [-0.39, 0.29) is 29.8 Å². The third-order valence-corrected chi connectivity index (χ3v) is 6.29. The van der Waals surface area contributed by atoms with E-state index in [0.717, 1.165) is 18.4 Å². The van der Waals surface area contributed by atoms with Crippen molar-refractivity contribution in [3.63, 3.8) is 0 Å². The van der Waals surface area contributed by atoms with Crippen molar-refractivity contribution in [1.29, 1.82) is 0 Å². The fraction of sp³-hybridized carbons (Fsp3) is 0.550. The number of fused-ring (bicyclic) bond motifs is 1. The van der Waals surface area contributed by atoms with Gasteiger partial charge in [-0.3, -0.25) is 9.36 Å². The van der Waals surface area contributed by atoms with Crippen molar-refractivity contribution in [3.05, 3.63) is 40.1 Å². The summed E-state index contributed by atoms with van der Waals surface area (Å²) in [5.41, 5.74) is 1.76. The van der Waals surface area contributed by atoms with Crippen LogP contribution in [0.4, 0.5) is 0 Å². The van der Waals surface area contributed by atoms with E-state index in [2.05, 4.69) is 20.5 Å². The Morgan fingerprint density at radius 3 is 2.81 bits per heavy atom. The van der Waals surface area contributed by atoms with Gasteiger partial charge in [-0.2, -0.15) is 0 Å². The molecule has 1 saturated carbocycles. The summed E-state index contributed by atoms with van der Waals surface area (Å²) in [6, 6.07) is 5.39. The summed E-state index contributed by atoms with van der Waals surface area (Å²) in [7, 11) is 1.74. The van der Waals surface area contributed by atoms with Crippen molar-refractivity contribution in [3.8, 4) is 0 Å². The van der Waals surface area contributed by atoms with Crippen LogP contribution in [0.1, 0.15) is 54.0 Å². The van der Waals surface area contributed by atoms with Gasteiger partial charge in [0.25, 0.3) is 5.91 Å². The number of hydrogen-bond acceptors (Lipinski definition) is 7. The average Bonchev–Trinajstić information content (AvgIpc) is 3.35. The van der Waals surface area contributed by atoms with Gasteiger partial charge in [-0.15, -0.1) is 5.10 Å². The first-order valence-electron chi connectivity index (χ1n) is 10.6. The largest absolute Gasteiger partial charge is 0.393 e. The summed E-state index contributed by atoms with van der Waals surface area (Å²) < 4.78 is 9.07. The van der Waals surface area contributed by atoms with Crippen molar-refractivity contribution in [2.75, 3.05) is 19.7 Å².